The van der Waals surface area contributed by atoms with E-state index in [-0.39, 0.29) is 0 Å². The third-order valence-electron chi connectivity index (χ3n) is 1.88. The summed E-state index contributed by atoms with van der Waals surface area (Å²) in [5, 5.41) is 3.96. The number of nitrogens with zero attached hydrogens (tertiary/aromatic N) is 3. The summed E-state index contributed by atoms with van der Waals surface area (Å²) in [5.74, 6) is 0.698. The maximum absolute atomic E-state index is 13.1. The minimum atomic E-state index is -0.903. The normalized spacial score (nSPS) is 13.2. The summed E-state index contributed by atoms with van der Waals surface area (Å²) in [6.45, 7) is 3.06. The molecule has 0 saturated carbocycles. The van der Waals surface area contributed by atoms with Gasteiger partial charge in [-0.2, -0.15) is 5.10 Å². The van der Waals surface area contributed by atoms with Crippen LogP contribution in [0.25, 0.3) is 0 Å². The maximum Gasteiger partial charge on any atom is 0.138 e. The molecule has 13 heavy (non-hydrogen) atoms. The van der Waals surface area contributed by atoms with Crippen molar-refractivity contribution >= 4 is 0 Å². The first-order chi connectivity index (χ1) is 6.27. The van der Waals surface area contributed by atoms with Crippen molar-refractivity contribution in [3.05, 3.63) is 12.2 Å². The average Bonchev–Trinajstić information content (AvgIpc) is 2.52. The summed E-state index contributed by atoms with van der Waals surface area (Å²) in [5.41, 5.74) is 5.25. The van der Waals surface area contributed by atoms with Crippen LogP contribution in [0.3, 0.4) is 0 Å². The van der Waals surface area contributed by atoms with E-state index in [1.807, 2.05) is 6.92 Å². The highest BCUT2D eigenvalue weighted by atomic mass is 19.1. The number of hydrogen-bond donors (Lipinski definition) is 1. The average molecular weight is 186 g/mol. The predicted molar refractivity (Wildman–Crippen MR) is 48.0 cm³/mol. The fourth-order valence-corrected chi connectivity index (χ4v) is 1.19. The molecule has 5 heteroatoms. The Balaban J connectivity index is 2.52. The summed E-state index contributed by atoms with van der Waals surface area (Å²) < 4.78 is 14.8. The molecule has 0 amide bonds. The van der Waals surface area contributed by atoms with E-state index in [4.69, 9.17) is 5.73 Å². The molecule has 0 aliphatic rings. The smallest absolute Gasteiger partial charge is 0.138 e. The first kappa shape index (κ1) is 10.1. The zero-order valence-corrected chi connectivity index (χ0v) is 7.78. The van der Waals surface area contributed by atoms with Crippen LogP contribution in [0.1, 0.15) is 19.2 Å². The van der Waals surface area contributed by atoms with Crippen molar-refractivity contribution in [2.24, 2.45) is 5.73 Å². The van der Waals surface area contributed by atoms with Crippen LogP contribution in [0.4, 0.5) is 4.39 Å². The molecular weight excluding hydrogens is 171 g/mol. The molecule has 1 unspecified atom stereocenters. The summed E-state index contributed by atoms with van der Waals surface area (Å²) in [6, 6.07) is 0. The molecule has 0 radical (unpaired) electrons. The lowest BCUT2D eigenvalue weighted by Crippen LogP contribution is -2.15. The van der Waals surface area contributed by atoms with Gasteiger partial charge in [0, 0.05) is 13.0 Å². The Kier molecular flexibility index (Phi) is 3.82. The number of hydrogen-bond acceptors (Lipinski definition) is 3. The monoisotopic (exact) mass is 186 g/mol. The van der Waals surface area contributed by atoms with Crippen molar-refractivity contribution < 1.29 is 4.39 Å². The SMILES string of the molecule is CCn1ncnc1CC(F)CCN. The lowest BCUT2D eigenvalue weighted by molar-refractivity contribution is 0.307. The van der Waals surface area contributed by atoms with Gasteiger partial charge < -0.3 is 5.73 Å². The number of halogens is 1. The second-order valence-corrected chi connectivity index (χ2v) is 2.87. The highest BCUT2D eigenvalue weighted by Gasteiger charge is 2.10. The summed E-state index contributed by atoms with van der Waals surface area (Å²) >= 11 is 0. The first-order valence-electron chi connectivity index (χ1n) is 4.48. The summed E-state index contributed by atoms with van der Waals surface area (Å²) in [6.07, 6.45) is 1.25. The van der Waals surface area contributed by atoms with Gasteiger partial charge in [0.15, 0.2) is 0 Å². The molecular formula is C8H15FN4. The van der Waals surface area contributed by atoms with Gasteiger partial charge in [0.2, 0.25) is 0 Å². The Bertz CT molecular complexity index is 248. The molecule has 0 bridgehead atoms. The topological polar surface area (TPSA) is 56.7 Å². The van der Waals surface area contributed by atoms with Gasteiger partial charge in [-0.1, -0.05) is 0 Å². The van der Waals surface area contributed by atoms with E-state index in [2.05, 4.69) is 10.1 Å². The second-order valence-electron chi connectivity index (χ2n) is 2.87. The fraction of sp³-hybridized carbons (Fsp3) is 0.750. The molecule has 0 aromatic carbocycles. The highest BCUT2D eigenvalue weighted by Crippen LogP contribution is 2.05. The van der Waals surface area contributed by atoms with Gasteiger partial charge in [-0.05, 0) is 19.9 Å². The molecule has 0 aliphatic heterocycles. The molecule has 1 aromatic rings. The van der Waals surface area contributed by atoms with Crippen molar-refractivity contribution in [2.75, 3.05) is 6.54 Å². The predicted octanol–water partition coefficient (Wildman–Crippen LogP) is 0.527. The van der Waals surface area contributed by atoms with Crippen molar-refractivity contribution in [2.45, 2.75) is 32.5 Å². The summed E-state index contributed by atoms with van der Waals surface area (Å²) in [7, 11) is 0. The Labute approximate surface area is 77.0 Å². The van der Waals surface area contributed by atoms with E-state index in [0.29, 0.717) is 25.2 Å². The third kappa shape index (κ3) is 2.77. The molecule has 4 nitrogen and oxygen atoms in total. The number of rotatable bonds is 5. The fourth-order valence-electron chi connectivity index (χ4n) is 1.19. The van der Waals surface area contributed by atoms with E-state index >= 15 is 0 Å². The first-order valence-corrected chi connectivity index (χ1v) is 4.48. The van der Waals surface area contributed by atoms with Crippen LogP contribution in [-0.2, 0) is 13.0 Å². The number of aryl methyl sites for hydroxylation is 1. The largest absolute Gasteiger partial charge is 0.330 e. The van der Waals surface area contributed by atoms with Gasteiger partial charge in [0.05, 0.1) is 0 Å². The standard InChI is InChI=1S/C8H15FN4/c1-2-13-8(11-6-12-13)5-7(9)3-4-10/h6-7H,2-5,10H2,1H3. The minimum Gasteiger partial charge on any atom is -0.330 e. The van der Waals surface area contributed by atoms with Crippen LogP contribution in [-0.4, -0.2) is 27.5 Å². The van der Waals surface area contributed by atoms with E-state index < -0.39 is 6.17 Å². The van der Waals surface area contributed by atoms with Gasteiger partial charge in [0.1, 0.15) is 18.3 Å². The molecule has 0 saturated heterocycles. The third-order valence-corrected chi connectivity index (χ3v) is 1.88. The Morgan fingerprint density at radius 1 is 1.69 bits per heavy atom. The molecule has 1 heterocycles. The van der Waals surface area contributed by atoms with E-state index in [9.17, 15) is 4.39 Å². The molecule has 0 aliphatic carbocycles. The Hall–Kier alpha value is -0.970. The quantitative estimate of drug-likeness (QED) is 0.729. The molecule has 1 atom stereocenters. The van der Waals surface area contributed by atoms with Crippen LogP contribution in [0.15, 0.2) is 6.33 Å². The van der Waals surface area contributed by atoms with Crippen LogP contribution in [0.2, 0.25) is 0 Å². The molecule has 0 fully saturated rings. The van der Waals surface area contributed by atoms with Crippen LogP contribution < -0.4 is 5.73 Å². The van der Waals surface area contributed by atoms with Crippen molar-refractivity contribution in [3.63, 3.8) is 0 Å². The number of aromatic nitrogens is 3. The molecule has 74 valence electrons. The van der Waals surface area contributed by atoms with Crippen LogP contribution >= 0.6 is 0 Å². The molecule has 1 rings (SSSR count). The van der Waals surface area contributed by atoms with Crippen LogP contribution in [0, 0.1) is 0 Å². The Morgan fingerprint density at radius 3 is 3.08 bits per heavy atom. The maximum atomic E-state index is 13.1. The second kappa shape index (κ2) is 4.91. The van der Waals surface area contributed by atoms with Crippen molar-refractivity contribution in [3.8, 4) is 0 Å². The molecule has 0 spiro atoms. The summed E-state index contributed by atoms with van der Waals surface area (Å²) in [4.78, 5) is 3.98. The minimum absolute atomic E-state index is 0.311. The lowest BCUT2D eigenvalue weighted by atomic mass is 10.2. The van der Waals surface area contributed by atoms with Gasteiger partial charge in [-0.25, -0.2) is 9.37 Å². The van der Waals surface area contributed by atoms with Gasteiger partial charge in [0.25, 0.3) is 0 Å². The number of alkyl halides is 1. The van der Waals surface area contributed by atoms with Crippen LogP contribution in [0.5, 0.6) is 0 Å². The van der Waals surface area contributed by atoms with Gasteiger partial charge in [-0.3, -0.25) is 4.68 Å². The van der Waals surface area contributed by atoms with Gasteiger partial charge in [-0.15, -0.1) is 0 Å². The van der Waals surface area contributed by atoms with E-state index in [0.717, 1.165) is 6.54 Å². The lowest BCUT2D eigenvalue weighted by Gasteiger charge is -2.06. The van der Waals surface area contributed by atoms with E-state index in [1.165, 1.54) is 6.33 Å². The molecule has 1 aromatic heterocycles. The molecule has 2 N–H and O–H groups in total. The van der Waals surface area contributed by atoms with Crippen molar-refractivity contribution in [1.29, 1.82) is 0 Å². The number of nitrogens with two attached hydrogens (primary N) is 1. The van der Waals surface area contributed by atoms with Gasteiger partial charge >= 0.3 is 0 Å². The Morgan fingerprint density at radius 2 is 2.46 bits per heavy atom. The zero-order chi connectivity index (χ0) is 9.68. The zero-order valence-electron chi connectivity index (χ0n) is 7.78. The highest BCUT2D eigenvalue weighted by molar-refractivity contribution is 4.87. The van der Waals surface area contributed by atoms with E-state index in [1.54, 1.807) is 4.68 Å². The van der Waals surface area contributed by atoms with Crippen molar-refractivity contribution in [1.82, 2.24) is 14.8 Å².